The van der Waals surface area contributed by atoms with Crippen molar-refractivity contribution in [2.75, 3.05) is 26.2 Å². The van der Waals surface area contributed by atoms with Crippen molar-refractivity contribution in [2.24, 2.45) is 0 Å². The third kappa shape index (κ3) is 5.06. The number of hydrogen-bond acceptors (Lipinski definition) is 3. The minimum Gasteiger partial charge on any atom is -0.434 e. The van der Waals surface area contributed by atoms with Gasteiger partial charge in [0.15, 0.2) is 0 Å². The van der Waals surface area contributed by atoms with Gasteiger partial charge in [0.05, 0.1) is 0 Å². The number of nitrogens with zero attached hydrogens (tertiary/aromatic N) is 1. The molecule has 0 saturated carbocycles. The van der Waals surface area contributed by atoms with Crippen LogP contribution in [0.2, 0.25) is 0 Å². The van der Waals surface area contributed by atoms with E-state index in [0.29, 0.717) is 6.54 Å². The molecule has 2 rings (SSSR count). The fraction of sp³-hybridized carbons (Fsp3) is 0.600. The largest absolute Gasteiger partial charge is 0.434 e. The van der Waals surface area contributed by atoms with Crippen molar-refractivity contribution in [1.82, 2.24) is 10.2 Å². The van der Waals surface area contributed by atoms with Crippen LogP contribution in [0.15, 0.2) is 24.3 Å². The molecule has 0 aromatic heterocycles. The maximum absolute atomic E-state index is 12.3. The van der Waals surface area contributed by atoms with E-state index < -0.39 is 6.61 Å². The number of nitrogens with one attached hydrogen (secondary N) is 1. The van der Waals surface area contributed by atoms with Gasteiger partial charge in [0.25, 0.3) is 0 Å². The molecule has 0 radical (unpaired) electrons. The Morgan fingerprint density at radius 1 is 1.15 bits per heavy atom. The number of ether oxygens (including phenoxy) is 1. The molecule has 0 unspecified atom stereocenters. The van der Waals surface area contributed by atoms with Crippen LogP contribution in [0.4, 0.5) is 8.78 Å². The molecule has 1 aromatic carbocycles. The number of piperidine rings is 1. The number of alkyl halides is 2. The van der Waals surface area contributed by atoms with Crippen molar-refractivity contribution in [3.8, 4) is 5.75 Å². The SMILES string of the molecule is FC(F)Oc1ccccc1CNCCN1CCCCC1. The molecule has 1 heterocycles. The third-order valence-corrected chi connectivity index (χ3v) is 3.56. The zero-order valence-corrected chi connectivity index (χ0v) is 11.7. The Bertz CT molecular complexity index is 395. The van der Waals surface area contributed by atoms with E-state index in [2.05, 4.69) is 15.0 Å². The molecule has 1 saturated heterocycles. The van der Waals surface area contributed by atoms with E-state index in [4.69, 9.17) is 0 Å². The Balaban J connectivity index is 1.73. The Kier molecular flexibility index (Phi) is 6.21. The van der Waals surface area contributed by atoms with Gasteiger partial charge in [0.2, 0.25) is 0 Å². The van der Waals surface area contributed by atoms with Crippen LogP contribution in [-0.4, -0.2) is 37.7 Å². The van der Waals surface area contributed by atoms with Crippen molar-refractivity contribution in [3.05, 3.63) is 29.8 Å². The number of likely N-dealkylation sites (tertiary alicyclic amines) is 1. The van der Waals surface area contributed by atoms with Crippen LogP contribution in [0.25, 0.3) is 0 Å². The van der Waals surface area contributed by atoms with Crippen molar-refractivity contribution < 1.29 is 13.5 Å². The van der Waals surface area contributed by atoms with E-state index >= 15 is 0 Å². The average Bonchev–Trinajstić information content (AvgIpc) is 2.46. The van der Waals surface area contributed by atoms with E-state index in [0.717, 1.165) is 18.7 Å². The summed E-state index contributed by atoms with van der Waals surface area (Å²) in [6.45, 7) is 2.00. The lowest BCUT2D eigenvalue weighted by atomic mass is 10.1. The Hall–Kier alpha value is -1.20. The zero-order chi connectivity index (χ0) is 14.2. The van der Waals surface area contributed by atoms with Gasteiger partial charge in [-0.1, -0.05) is 24.6 Å². The van der Waals surface area contributed by atoms with Gasteiger partial charge in [0.1, 0.15) is 5.75 Å². The summed E-state index contributed by atoms with van der Waals surface area (Å²) in [6, 6.07) is 6.92. The maximum Gasteiger partial charge on any atom is 0.387 e. The van der Waals surface area contributed by atoms with Crippen molar-refractivity contribution in [3.63, 3.8) is 0 Å². The highest BCUT2D eigenvalue weighted by atomic mass is 19.3. The average molecular weight is 284 g/mol. The second-order valence-corrected chi connectivity index (χ2v) is 5.07. The molecule has 5 heteroatoms. The van der Waals surface area contributed by atoms with Gasteiger partial charge in [-0.05, 0) is 32.0 Å². The lowest BCUT2D eigenvalue weighted by Gasteiger charge is -2.26. The fourth-order valence-corrected chi connectivity index (χ4v) is 2.50. The monoisotopic (exact) mass is 284 g/mol. The summed E-state index contributed by atoms with van der Waals surface area (Å²) in [6.07, 6.45) is 3.90. The summed E-state index contributed by atoms with van der Waals surface area (Å²) in [5, 5.41) is 3.30. The highest BCUT2D eigenvalue weighted by Crippen LogP contribution is 2.19. The second-order valence-electron chi connectivity index (χ2n) is 5.07. The number of hydrogen-bond donors (Lipinski definition) is 1. The second kappa shape index (κ2) is 8.17. The molecule has 20 heavy (non-hydrogen) atoms. The van der Waals surface area contributed by atoms with E-state index in [1.807, 2.05) is 12.1 Å². The molecule has 112 valence electrons. The summed E-state index contributed by atoms with van der Waals surface area (Å²) >= 11 is 0. The summed E-state index contributed by atoms with van der Waals surface area (Å²) in [5.74, 6) is 0.257. The minimum atomic E-state index is -2.77. The van der Waals surface area contributed by atoms with Gasteiger partial charge < -0.3 is 15.0 Å². The fourth-order valence-electron chi connectivity index (χ4n) is 2.50. The molecular formula is C15H22F2N2O. The zero-order valence-electron chi connectivity index (χ0n) is 11.7. The van der Waals surface area contributed by atoms with Crippen LogP contribution < -0.4 is 10.1 Å². The van der Waals surface area contributed by atoms with Crippen LogP contribution in [0.3, 0.4) is 0 Å². The Morgan fingerprint density at radius 3 is 2.65 bits per heavy atom. The number of benzene rings is 1. The molecule has 1 aliphatic heterocycles. The summed E-state index contributed by atoms with van der Waals surface area (Å²) in [4.78, 5) is 2.44. The maximum atomic E-state index is 12.3. The van der Waals surface area contributed by atoms with Crippen LogP contribution in [-0.2, 0) is 6.54 Å². The smallest absolute Gasteiger partial charge is 0.387 e. The summed E-state index contributed by atoms with van der Waals surface area (Å²) in [5.41, 5.74) is 0.770. The predicted molar refractivity (Wildman–Crippen MR) is 75.1 cm³/mol. The highest BCUT2D eigenvalue weighted by Gasteiger charge is 2.10. The molecule has 0 atom stereocenters. The molecule has 1 N–H and O–H groups in total. The van der Waals surface area contributed by atoms with Crippen LogP contribution in [0.1, 0.15) is 24.8 Å². The molecule has 0 aliphatic carbocycles. The molecule has 0 spiro atoms. The lowest BCUT2D eigenvalue weighted by Crippen LogP contribution is -2.35. The summed E-state index contributed by atoms with van der Waals surface area (Å²) < 4.78 is 29.1. The Morgan fingerprint density at radius 2 is 1.90 bits per heavy atom. The molecule has 1 aliphatic rings. The van der Waals surface area contributed by atoms with Gasteiger partial charge in [-0.3, -0.25) is 0 Å². The van der Waals surface area contributed by atoms with Crippen molar-refractivity contribution >= 4 is 0 Å². The number of halogens is 2. The molecule has 0 amide bonds. The first-order chi connectivity index (χ1) is 9.75. The lowest BCUT2D eigenvalue weighted by molar-refractivity contribution is -0.0504. The van der Waals surface area contributed by atoms with E-state index in [-0.39, 0.29) is 5.75 Å². The highest BCUT2D eigenvalue weighted by molar-refractivity contribution is 5.33. The first-order valence-corrected chi connectivity index (χ1v) is 7.21. The molecular weight excluding hydrogens is 262 g/mol. The number of para-hydroxylation sites is 1. The van der Waals surface area contributed by atoms with Crippen molar-refractivity contribution in [1.29, 1.82) is 0 Å². The quantitative estimate of drug-likeness (QED) is 0.779. The number of rotatable bonds is 7. The van der Waals surface area contributed by atoms with Gasteiger partial charge >= 0.3 is 6.61 Å². The van der Waals surface area contributed by atoms with E-state index in [9.17, 15) is 8.78 Å². The van der Waals surface area contributed by atoms with E-state index in [1.54, 1.807) is 12.1 Å². The van der Waals surface area contributed by atoms with Crippen molar-refractivity contribution in [2.45, 2.75) is 32.4 Å². The van der Waals surface area contributed by atoms with Crippen LogP contribution in [0.5, 0.6) is 5.75 Å². The third-order valence-electron chi connectivity index (χ3n) is 3.56. The van der Waals surface area contributed by atoms with Gasteiger partial charge in [-0.15, -0.1) is 0 Å². The molecule has 1 fully saturated rings. The van der Waals surface area contributed by atoms with Crippen LogP contribution in [0, 0.1) is 0 Å². The predicted octanol–water partition coefficient (Wildman–Crippen LogP) is 2.86. The summed E-state index contributed by atoms with van der Waals surface area (Å²) in [7, 11) is 0. The standard InChI is InChI=1S/C15H22F2N2O/c16-15(17)20-14-7-3-2-6-13(14)12-18-8-11-19-9-4-1-5-10-19/h2-3,6-7,15,18H,1,4-5,8-12H2. The topological polar surface area (TPSA) is 24.5 Å². The first kappa shape index (κ1) is 15.2. The van der Waals surface area contributed by atoms with E-state index in [1.165, 1.54) is 32.4 Å². The normalized spacial score (nSPS) is 16.6. The molecule has 1 aromatic rings. The molecule has 3 nitrogen and oxygen atoms in total. The van der Waals surface area contributed by atoms with Gasteiger partial charge in [-0.25, -0.2) is 0 Å². The van der Waals surface area contributed by atoms with Gasteiger partial charge in [-0.2, -0.15) is 8.78 Å². The first-order valence-electron chi connectivity index (χ1n) is 7.21. The molecule has 0 bridgehead atoms. The van der Waals surface area contributed by atoms with Crippen LogP contribution >= 0.6 is 0 Å². The minimum absolute atomic E-state index is 0.257. The van der Waals surface area contributed by atoms with Gasteiger partial charge in [0, 0.05) is 25.2 Å². The Labute approximate surface area is 118 Å².